The molecule has 2 atom stereocenters. The number of benzene rings is 3. The minimum Gasteiger partial charge on any atom is -0.455 e. The monoisotopic (exact) mass is 544 g/mol. The van der Waals surface area contributed by atoms with Crippen LogP contribution in [0.4, 0.5) is 10.1 Å². The number of aryl methyl sites for hydroxylation is 1. The molecule has 0 unspecified atom stereocenters. The number of carbonyl (C=O) groups excluding carboxylic acids is 1. The molecule has 5 rings (SSSR count). The Morgan fingerprint density at radius 1 is 1.14 bits per heavy atom. The third-order valence-corrected chi connectivity index (χ3v) is 9.40. The summed E-state index contributed by atoms with van der Waals surface area (Å²) < 4.78 is 44.4. The number of ether oxygens (including phenoxy) is 1. The van der Waals surface area contributed by atoms with Crippen molar-refractivity contribution in [1.82, 2.24) is 0 Å². The molecule has 0 bridgehead atoms. The fourth-order valence-corrected chi connectivity index (χ4v) is 8.43. The van der Waals surface area contributed by atoms with Gasteiger partial charge in [0.25, 0.3) is 5.91 Å². The first-order valence-electron chi connectivity index (χ1n) is 11.2. The van der Waals surface area contributed by atoms with E-state index in [-0.39, 0.29) is 29.0 Å². The van der Waals surface area contributed by atoms with Gasteiger partial charge in [0.2, 0.25) is 0 Å². The lowest BCUT2D eigenvalue weighted by atomic mass is 10.1. The van der Waals surface area contributed by atoms with Gasteiger partial charge in [0.05, 0.1) is 29.7 Å². The van der Waals surface area contributed by atoms with Crippen molar-refractivity contribution in [3.05, 3.63) is 88.7 Å². The first kappa shape index (κ1) is 24.8. The second-order valence-electron chi connectivity index (χ2n) is 8.79. The molecular formula is C26H22ClFN2O4S2. The van der Waals surface area contributed by atoms with Crippen LogP contribution in [0, 0.1) is 12.7 Å². The maximum atomic E-state index is 13.2. The maximum absolute atomic E-state index is 13.2. The number of aliphatic imine (C=N–C) groups is 1. The van der Waals surface area contributed by atoms with Crippen LogP contribution in [0.3, 0.4) is 0 Å². The molecule has 0 radical (unpaired) electrons. The van der Waals surface area contributed by atoms with Crippen molar-refractivity contribution in [3.8, 4) is 11.5 Å². The summed E-state index contributed by atoms with van der Waals surface area (Å²) in [7, 11) is -3.25. The summed E-state index contributed by atoms with van der Waals surface area (Å²) in [5.41, 5.74) is 2.19. The van der Waals surface area contributed by atoms with Crippen molar-refractivity contribution in [2.45, 2.75) is 24.6 Å². The number of anilines is 1. The van der Waals surface area contributed by atoms with Crippen LogP contribution in [-0.4, -0.2) is 42.3 Å². The van der Waals surface area contributed by atoms with E-state index < -0.39 is 21.8 Å². The van der Waals surface area contributed by atoms with E-state index >= 15 is 0 Å². The van der Waals surface area contributed by atoms with Gasteiger partial charge in [-0.1, -0.05) is 47.6 Å². The van der Waals surface area contributed by atoms with Gasteiger partial charge in [0, 0.05) is 10.3 Å². The van der Waals surface area contributed by atoms with Gasteiger partial charge in [-0.25, -0.2) is 12.8 Å². The zero-order valence-electron chi connectivity index (χ0n) is 19.2. The van der Waals surface area contributed by atoms with Crippen molar-refractivity contribution in [2.75, 3.05) is 16.4 Å². The van der Waals surface area contributed by atoms with Crippen LogP contribution in [0.2, 0.25) is 5.02 Å². The van der Waals surface area contributed by atoms with Crippen molar-refractivity contribution in [1.29, 1.82) is 0 Å². The van der Waals surface area contributed by atoms with E-state index in [2.05, 4.69) is 4.99 Å². The Morgan fingerprint density at radius 2 is 1.92 bits per heavy atom. The van der Waals surface area contributed by atoms with Crippen molar-refractivity contribution >= 4 is 50.0 Å². The summed E-state index contributed by atoms with van der Waals surface area (Å²) in [4.78, 5) is 19.0. The molecule has 2 aliphatic rings. The molecule has 0 aromatic heterocycles. The first-order valence-corrected chi connectivity index (χ1v) is 14.3. The fraction of sp³-hybridized carbons (Fsp3) is 0.231. The van der Waals surface area contributed by atoms with E-state index in [1.54, 1.807) is 35.2 Å². The highest BCUT2D eigenvalue weighted by atomic mass is 35.5. The van der Waals surface area contributed by atoms with Crippen LogP contribution in [-0.2, 0) is 21.1 Å². The summed E-state index contributed by atoms with van der Waals surface area (Å²) >= 11 is 7.62. The largest absolute Gasteiger partial charge is 0.455 e. The van der Waals surface area contributed by atoms with Gasteiger partial charge in [-0.2, -0.15) is 4.99 Å². The average molecular weight is 545 g/mol. The number of sulfone groups is 1. The molecule has 0 aliphatic carbocycles. The molecule has 0 spiro atoms. The number of hydrogen-bond acceptors (Lipinski definition) is 5. The van der Waals surface area contributed by atoms with Crippen LogP contribution < -0.4 is 9.64 Å². The number of nitrogens with zero attached hydrogens (tertiary/aromatic N) is 2. The molecule has 10 heteroatoms. The Labute approximate surface area is 218 Å². The summed E-state index contributed by atoms with van der Waals surface area (Å²) in [6, 6.07) is 17.9. The highest BCUT2D eigenvalue weighted by molar-refractivity contribution is 8.16. The molecule has 0 N–H and O–H groups in total. The average Bonchev–Trinajstić information content (AvgIpc) is 3.27. The van der Waals surface area contributed by atoms with Crippen molar-refractivity contribution in [2.24, 2.45) is 4.99 Å². The minimum absolute atomic E-state index is 0.00135. The predicted molar refractivity (Wildman–Crippen MR) is 142 cm³/mol. The van der Waals surface area contributed by atoms with Gasteiger partial charge in [0.15, 0.2) is 20.8 Å². The standard InChI is InChI=1S/C26H22ClFN2O4S2/c1-16-3-2-4-20(11-16)34-23-10-7-18(27)13-21(23)30-22-14-36(32,33)15-24(22)35-26(30)29-25(31)12-17-5-8-19(28)9-6-17/h2-11,13,22,24H,12,14-15H2,1H3/t22-,24+/m1/s1. The van der Waals surface area contributed by atoms with Crippen LogP contribution >= 0.6 is 23.4 Å². The molecule has 1 amide bonds. The Kier molecular flexibility index (Phi) is 6.80. The zero-order valence-corrected chi connectivity index (χ0v) is 21.6. The quantitative estimate of drug-likeness (QED) is 0.427. The number of rotatable bonds is 5. The number of thioether (sulfide) groups is 1. The molecule has 3 aromatic carbocycles. The third-order valence-electron chi connectivity index (χ3n) is 5.95. The fourth-order valence-electron chi connectivity index (χ4n) is 4.34. The molecule has 36 heavy (non-hydrogen) atoms. The lowest BCUT2D eigenvalue weighted by Gasteiger charge is -2.27. The minimum atomic E-state index is -3.25. The number of fused-ring (bicyclic) bond motifs is 1. The number of amides is 1. The van der Waals surface area contributed by atoms with E-state index in [0.29, 0.717) is 32.9 Å². The smallest absolute Gasteiger partial charge is 0.252 e. The SMILES string of the molecule is Cc1cccc(Oc2ccc(Cl)cc2N2C(=NC(=O)Cc3ccc(F)cc3)S[C@H]3CS(=O)(=O)C[C@H]32)c1. The molecule has 2 saturated heterocycles. The van der Waals surface area contributed by atoms with Crippen molar-refractivity contribution < 1.29 is 22.3 Å². The highest BCUT2D eigenvalue weighted by Gasteiger charge is 2.50. The Hall–Kier alpha value is -2.88. The molecule has 2 aliphatic heterocycles. The molecular weight excluding hydrogens is 523 g/mol. The summed E-state index contributed by atoms with van der Waals surface area (Å²) in [5.74, 6) is 0.220. The van der Waals surface area contributed by atoms with Crippen LogP contribution in [0.1, 0.15) is 11.1 Å². The number of halogens is 2. The lowest BCUT2D eigenvalue weighted by Crippen LogP contribution is -2.38. The van der Waals surface area contributed by atoms with Crippen LogP contribution in [0.25, 0.3) is 0 Å². The number of hydrogen-bond donors (Lipinski definition) is 0. The van der Waals surface area contributed by atoms with Gasteiger partial charge >= 0.3 is 0 Å². The van der Waals surface area contributed by atoms with E-state index in [0.717, 1.165) is 5.56 Å². The summed E-state index contributed by atoms with van der Waals surface area (Å²) in [6.07, 6.45) is -0.00595. The number of amidine groups is 1. The van der Waals surface area contributed by atoms with Crippen LogP contribution in [0.5, 0.6) is 11.5 Å². The van der Waals surface area contributed by atoms with Gasteiger partial charge in [-0.15, -0.1) is 0 Å². The summed E-state index contributed by atoms with van der Waals surface area (Å²) in [5, 5.41) is 0.550. The van der Waals surface area contributed by atoms with E-state index in [9.17, 15) is 17.6 Å². The normalized spacial score (nSPS) is 21.5. The van der Waals surface area contributed by atoms with Crippen LogP contribution in [0.15, 0.2) is 71.7 Å². The zero-order chi connectivity index (χ0) is 25.4. The van der Waals surface area contributed by atoms with Crippen molar-refractivity contribution in [3.63, 3.8) is 0 Å². The highest BCUT2D eigenvalue weighted by Crippen LogP contribution is 2.45. The van der Waals surface area contributed by atoms with Gasteiger partial charge in [-0.05, 0) is 60.5 Å². The lowest BCUT2D eigenvalue weighted by molar-refractivity contribution is -0.117. The summed E-state index contributed by atoms with van der Waals surface area (Å²) in [6.45, 7) is 1.96. The second-order valence-corrected chi connectivity index (χ2v) is 12.6. The number of carbonyl (C=O) groups is 1. The second kappa shape index (κ2) is 9.88. The third kappa shape index (κ3) is 5.43. The first-order chi connectivity index (χ1) is 17.2. The van der Waals surface area contributed by atoms with E-state index in [4.69, 9.17) is 16.3 Å². The molecule has 186 valence electrons. The van der Waals surface area contributed by atoms with E-state index in [1.807, 2.05) is 31.2 Å². The van der Waals surface area contributed by atoms with E-state index in [1.165, 1.54) is 23.9 Å². The Morgan fingerprint density at radius 3 is 2.67 bits per heavy atom. The Balaban J connectivity index is 1.52. The molecule has 0 saturated carbocycles. The Bertz CT molecular complexity index is 1460. The maximum Gasteiger partial charge on any atom is 0.252 e. The molecule has 6 nitrogen and oxygen atoms in total. The topological polar surface area (TPSA) is 76.0 Å². The van der Waals surface area contributed by atoms with Gasteiger partial charge in [-0.3, -0.25) is 4.79 Å². The molecule has 3 aromatic rings. The molecule has 2 heterocycles. The molecule has 2 fully saturated rings. The van der Waals surface area contributed by atoms with Gasteiger partial charge < -0.3 is 9.64 Å². The predicted octanol–water partition coefficient (Wildman–Crippen LogP) is 5.42. The van der Waals surface area contributed by atoms with Gasteiger partial charge in [0.1, 0.15) is 11.6 Å².